The van der Waals surface area contributed by atoms with E-state index in [1.807, 2.05) is 13.0 Å². The lowest BCUT2D eigenvalue weighted by molar-refractivity contribution is -0.0970. The first kappa shape index (κ1) is 14.8. The molecule has 0 aliphatic carbocycles. The zero-order valence-corrected chi connectivity index (χ0v) is 11.4. The number of benzene rings is 1. The van der Waals surface area contributed by atoms with Crippen LogP contribution < -0.4 is 10.6 Å². The minimum atomic E-state index is -0.461. The molecule has 0 aliphatic heterocycles. The lowest BCUT2D eigenvalue weighted by Gasteiger charge is -2.14. The van der Waals surface area contributed by atoms with Crippen molar-refractivity contribution in [3.63, 3.8) is 0 Å². The van der Waals surface area contributed by atoms with Gasteiger partial charge in [0.05, 0.1) is 6.54 Å². The first-order valence-corrected chi connectivity index (χ1v) is 5.81. The minimum absolute atomic E-state index is 0.262. The van der Waals surface area contributed by atoms with Gasteiger partial charge in [-0.1, -0.05) is 17.7 Å². The van der Waals surface area contributed by atoms with Crippen LogP contribution in [0.4, 0.5) is 10.5 Å². The number of amides is 2. The number of hydrogen-bond donors (Lipinski definition) is 2. The molecule has 0 saturated carbocycles. The standard InChI is InChI=1S/C12H17ClN2O3/c1-8-4-5-9(6-10(8)13)15-12(16)14-7-11(17-2)18-3/h4-6,11H,7H2,1-3H3,(H2,14,15,16). The molecule has 0 radical (unpaired) electrons. The highest BCUT2D eigenvalue weighted by atomic mass is 35.5. The normalized spacial score (nSPS) is 10.5. The average molecular weight is 273 g/mol. The second-order valence-corrected chi connectivity index (χ2v) is 4.11. The van der Waals surface area contributed by atoms with Crippen molar-refractivity contribution in [2.45, 2.75) is 13.2 Å². The second kappa shape index (κ2) is 7.20. The Morgan fingerprint density at radius 2 is 2.06 bits per heavy atom. The molecule has 100 valence electrons. The third-order valence-electron chi connectivity index (χ3n) is 2.38. The average Bonchev–Trinajstić information content (AvgIpc) is 2.35. The number of ether oxygens (including phenoxy) is 2. The summed E-state index contributed by atoms with van der Waals surface area (Å²) in [4.78, 5) is 11.6. The Balaban J connectivity index is 2.46. The van der Waals surface area contributed by atoms with Crippen LogP contribution in [0.2, 0.25) is 5.02 Å². The Bertz CT molecular complexity index is 408. The van der Waals surface area contributed by atoms with Gasteiger partial charge in [0.25, 0.3) is 0 Å². The van der Waals surface area contributed by atoms with Crippen molar-refractivity contribution in [3.8, 4) is 0 Å². The molecule has 2 amide bonds. The first-order chi connectivity index (χ1) is 8.56. The second-order valence-electron chi connectivity index (χ2n) is 3.70. The van der Waals surface area contributed by atoms with Gasteiger partial charge in [-0.3, -0.25) is 0 Å². The quantitative estimate of drug-likeness (QED) is 0.809. The lowest BCUT2D eigenvalue weighted by atomic mass is 10.2. The van der Waals surface area contributed by atoms with Crippen molar-refractivity contribution < 1.29 is 14.3 Å². The van der Waals surface area contributed by atoms with Gasteiger partial charge in [0.2, 0.25) is 0 Å². The van der Waals surface area contributed by atoms with Gasteiger partial charge in [-0.05, 0) is 24.6 Å². The summed E-state index contributed by atoms with van der Waals surface area (Å²) < 4.78 is 9.90. The van der Waals surface area contributed by atoms with Gasteiger partial charge < -0.3 is 20.1 Å². The highest BCUT2D eigenvalue weighted by Crippen LogP contribution is 2.19. The Hall–Kier alpha value is -1.30. The zero-order chi connectivity index (χ0) is 13.5. The maximum absolute atomic E-state index is 11.6. The van der Waals surface area contributed by atoms with Crippen LogP contribution in [0.5, 0.6) is 0 Å². The van der Waals surface area contributed by atoms with E-state index in [1.54, 1.807) is 12.1 Å². The van der Waals surface area contributed by atoms with E-state index < -0.39 is 6.29 Å². The van der Waals surface area contributed by atoms with E-state index in [1.165, 1.54) is 14.2 Å². The number of aryl methyl sites for hydroxylation is 1. The highest BCUT2D eigenvalue weighted by Gasteiger charge is 2.08. The molecule has 0 heterocycles. The molecular formula is C12H17ClN2O3. The topological polar surface area (TPSA) is 59.6 Å². The smallest absolute Gasteiger partial charge is 0.319 e. The number of carbonyl (C=O) groups excluding carboxylic acids is 1. The number of urea groups is 1. The fourth-order valence-electron chi connectivity index (χ4n) is 1.28. The Kier molecular flexibility index (Phi) is 5.91. The van der Waals surface area contributed by atoms with E-state index >= 15 is 0 Å². The van der Waals surface area contributed by atoms with Crippen LogP contribution in [0.1, 0.15) is 5.56 Å². The number of methoxy groups -OCH3 is 2. The van der Waals surface area contributed by atoms with E-state index in [0.29, 0.717) is 10.7 Å². The van der Waals surface area contributed by atoms with Crippen LogP contribution in [0.15, 0.2) is 18.2 Å². The molecule has 18 heavy (non-hydrogen) atoms. The molecule has 0 aliphatic rings. The summed E-state index contributed by atoms with van der Waals surface area (Å²) in [5, 5.41) is 5.90. The molecule has 0 atom stereocenters. The van der Waals surface area contributed by atoms with E-state index in [0.717, 1.165) is 5.56 Å². The number of nitrogens with one attached hydrogen (secondary N) is 2. The maximum Gasteiger partial charge on any atom is 0.319 e. The number of rotatable bonds is 5. The summed E-state index contributed by atoms with van der Waals surface area (Å²) in [5.74, 6) is 0. The van der Waals surface area contributed by atoms with Crippen LogP contribution in [-0.4, -0.2) is 33.1 Å². The Labute approximate surface area is 111 Å². The third kappa shape index (κ3) is 4.52. The Morgan fingerprint density at radius 3 is 2.61 bits per heavy atom. The summed E-state index contributed by atoms with van der Waals surface area (Å²) in [5.41, 5.74) is 1.59. The largest absolute Gasteiger partial charge is 0.354 e. The van der Waals surface area contributed by atoms with Gasteiger partial charge in [-0.2, -0.15) is 0 Å². The summed E-state index contributed by atoms with van der Waals surface area (Å²) in [6.45, 7) is 2.16. The molecule has 0 fully saturated rings. The van der Waals surface area contributed by atoms with Gasteiger partial charge in [0.1, 0.15) is 0 Å². The van der Waals surface area contributed by atoms with E-state index in [4.69, 9.17) is 21.1 Å². The molecule has 0 spiro atoms. The van der Waals surface area contributed by atoms with Gasteiger partial charge in [-0.15, -0.1) is 0 Å². The predicted molar refractivity (Wildman–Crippen MR) is 71.0 cm³/mol. The number of hydrogen-bond acceptors (Lipinski definition) is 3. The number of halogens is 1. The fraction of sp³-hybridized carbons (Fsp3) is 0.417. The van der Waals surface area contributed by atoms with Crippen LogP contribution in [0.25, 0.3) is 0 Å². The van der Waals surface area contributed by atoms with Crippen molar-refractivity contribution in [3.05, 3.63) is 28.8 Å². The van der Waals surface area contributed by atoms with Crippen molar-refractivity contribution >= 4 is 23.3 Å². The summed E-state index contributed by atoms with van der Waals surface area (Å²) >= 11 is 5.96. The van der Waals surface area contributed by atoms with Gasteiger partial charge in [0.15, 0.2) is 6.29 Å². The van der Waals surface area contributed by atoms with Gasteiger partial charge in [-0.25, -0.2) is 4.79 Å². The molecule has 0 bridgehead atoms. The first-order valence-electron chi connectivity index (χ1n) is 5.43. The van der Waals surface area contributed by atoms with Crippen LogP contribution >= 0.6 is 11.6 Å². The minimum Gasteiger partial charge on any atom is -0.354 e. The fourth-order valence-corrected chi connectivity index (χ4v) is 1.47. The van der Waals surface area contributed by atoms with E-state index in [2.05, 4.69) is 10.6 Å². The summed E-state index contributed by atoms with van der Waals surface area (Å²) in [6.07, 6.45) is -0.461. The molecular weight excluding hydrogens is 256 g/mol. The highest BCUT2D eigenvalue weighted by molar-refractivity contribution is 6.31. The monoisotopic (exact) mass is 272 g/mol. The summed E-state index contributed by atoms with van der Waals surface area (Å²) in [7, 11) is 3.01. The van der Waals surface area contributed by atoms with Crippen molar-refractivity contribution in [1.82, 2.24) is 5.32 Å². The van der Waals surface area contributed by atoms with Gasteiger partial charge in [0, 0.05) is 24.9 Å². The molecule has 2 N–H and O–H groups in total. The van der Waals surface area contributed by atoms with Crippen LogP contribution in [-0.2, 0) is 9.47 Å². The van der Waals surface area contributed by atoms with Crippen molar-refractivity contribution in [1.29, 1.82) is 0 Å². The number of anilines is 1. The van der Waals surface area contributed by atoms with Crippen LogP contribution in [0, 0.1) is 6.92 Å². The third-order valence-corrected chi connectivity index (χ3v) is 2.79. The zero-order valence-electron chi connectivity index (χ0n) is 10.6. The molecule has 1 aromatic rings. The summed E-state index contributed by atoms with van der Waals surface area (Å²) in [6, 6.07) is 4.98. The molecule has 0 unspecified atom stereocenters. The molecule has 6 heteroatoms. The predicted octanol–water partition coefficient (Wildman–Crippen LogP) is 2.39. The van der Waals surface area contributed by atoms with Crippen molar-refractivity contribution in [2.24, 2.45) is 0 Å². The maximum atomic E-state index is 11.6. The van der Waals surface area contributed by atoms with Crippen molar-refractivity contribution in [2.75, 3.05) is 26.1 Å². The Morgan fingerprint density at radius 1 is 1.39 bits per heavy atom. The molecule has 0 saturated heterocycles. The van der Waals surface area contributed by atoms with E-state index in [9.17, 15) is 4.79 Å². The molecule has 1 aromatic carbocycles. The molecule has 0 aromatic heterocycles. The van der Waals surface area contributed by atoms with E-state index in [-0.39, 0.29) is 12.6 Å². The molecule has 5 nitrogen and oxygen atoms in total. The SMILES string of the molecule is COC(CNC(=O)Nc1ccc(C)c(Cl)c1)OC. The van der Waals surface area contributed by atoms with Gasteiger partial charge >= 0.3 is 6.03 Å². The molecule has 1 rings (SSSR count). The van der Waals surface area contributed by atoms with Crippen LogP contribution in [0.3, 0.4) is 0 Å². The number of carbonyl (C=O) groups is 1. The lowest BCUT2D eigenvalue weighted by Crippen LogP contribution is -2.36.